The van der Waals surface area contributed by atoms with Gasteiger partial charge in [0.2, 0.25) is 0 Å². The van der Waals surface area contributed by atoms with Gasteiger partial charge in [0.25, 0.3) is 5.56 Å². The van der Waals surface area contributed by atoms with Gasteiger partial charge in [-0.3, -0.25) is 13.9 Å². The molecule has 0 atom stereocenters. The van der Waals surface area contributed by atoms with Gasteiger partial charge in [-0.15, -0.1) is 0 Å². The molecule has 2 heterocycles. The highest BCUT2D eigenvalue weighted by Crippen LogP contribution is 2.09. The Morgan fingerprint density at radius 1 is 1.25 bits per heavy atom. The third kappa shape index (κ3) is 2.01. The predicted molar refractivity (Wildman–Crippen MR) is 73.0 cm³/mol. The van der Waals surface area contributed by atoms with Crippen molar-refractivity contribution in [2.75, 3.05) is 7.11 Å². The average molecular weight is 277 g/mol. The molecule has 0 aliphatic rings. The Bertz CT molecular complexity index is 789. The highest BCUT2D eigenvalue weighted by atomic mass is 16.5. The number of hydrogen-bond acceptors (Lipinski definition) is 5. The SMILES string of the molecule is CCn1c(=O)c2cc(C(=O)OC)ncc2n(CC)c1=O. The molecular formula is C13H15N3O4. The maximum atomic E-state index is 12.3. The van der Waals surface area contributed by atoms with Gasteiger partial charge in [0.1, 0.15) is 5.69 Å². The number of pyridine rings is 1. The zero-order valence-electron chi connectivity index (χ0n) is 11.5. The summed E-state index contributed by atoms with van der Waals surface area (Å²) in [5.74, 6) is -0.622. The fourth-order valence-electron chi connectivity index (χ4n) is 2.12. The van der Waals surface area contributed by atoms with E-state index in [1.54, 1.807) is 13.8 Å². The Morgan fingerprint density at radius 3 is 2.45 bits per heavy atom. The number of rotatable bonds is 3. The van der Waals surface area contributed by atoms with Gasteiger partial charge in [-0.2, -0.15) is 0 Å². The van der Waals surface area contributed by atoms with Crippen molar-refractivity contribution in [2.45, 2.75) is 26.9 Å². The Labute approximate surface area is 114 Å². The fourth-order valence-corrected chi connectivity index (χ4v) is 2.12. The highest BCUT2D eigenvalue weighted by Gasteiger charge is 2.15. The zero-order valence-corrected chi connectivity index (χ0v) is 11.5. The number of esters is 1. The van der Waals surface area contributed by atoms with E-state index in [0.29, 0.717) is 12.1 Å². The second-order valence-electron chi connectivity index (χ2n) is 4.15. The molecule has 0 saturated heterocycles. The molecule has 20 heavy (non-hydrogen) atoms. The normalized spacial score (nSPS) is 10.8. The van der Waals surface area contributed by atoms with Crippen LogP contribution in [0, 0.1) is 0 Å². The molecule has 0 radical (unpaired) electrons. The molecule has 0 aliphatic carbocycles. The lowest BCUT2D eigenvalue weighted by atomic mass is 10.2. The number of aromatic nitrogens is 3. The molecule has 2 rings (SSSR count). The van der Waals surface area contributed by atoms with Gasteiger partial charge in [-0.05, 0) is 19.9 Å². The Balaban J connectivity index is 2.92. The molecule has 2 aromatic rings. The van der Waals surface area contributed by atoms with Crippen LogP contribution in [0.25, 0.3) is 10.9 Å². The molecule has 0 amide bonds. The quantitative estimate of drug-likeness (QED) is 0.758. The highest BCUT2D eigenvalue weighted by molar-refractivity contribution is 5.91. The summed E-state index contributed by atoms with van der Waals surface area (Å²) < 4.78 is 7.17. The van der Waals surface area contributed by atoms with Gasteiger partial charge in [0.15, 0.2) is 0 Å². The molecule has 7 heteroatoms. The van der Waals surface area contributed by atoms with Crippen molar-refractivity contribution < 1.29 is 9.53 Å². The topological polar surface area (TPSA) is 83.2 Å². The van der Waals surface area contributed by atoms with E-state index in [1.807, 2.05) is 0 Å². The second-order valence-corrected chi connectivity index (χ2v) is 4.15. The number of methoxy groups -OCH3 is 1. The van der Waals surface area contributed by atoms with Gasteiger partial charge in [-0.25, -0.2) is 14.6 Å². The smallest absolute Gasteiger partial charge is 0.356 e. The van der Waals surface area contributed by atoms with E-state index in [0.717, 1.165) is 4.57 Å². The first kappa shape index (κ1) is 14.0. The van der Waals surface area contributed by atoms with E-state index in [1.165, 1.54) is 23.9 Å². The molecule has 0 N–H and O–H groups in total. The van der Waals surface area contributed by atoms with Gasteiger partial charge < -0.3 is 4.74 Å². The molecule has 0 saturated carbocycles. The first-order valence-corrected chi connectivity index (χ1v) is 6.26. The van der Waals surface area contributed by atoms with Crippen LogP contribution in [0.4, 0.5) is 0 Å². The van der Waals surface area contributed by atoms with Crippen molar-refractivity contribution in [3.05, 3.63) is 38.8 Å². The maximum absolute atomic E-state index is 12.3. The minimum atomic E-state index is -0.622. The molecule has 0 unspecified atom stereocenters. The minimum absolute atomic E-state index is 0.0426. The van der Waals surface area contributed by atoms with Gasteiger partial charge >= 0.3 is 11.7 Å². The van der Waals surface area contributed by atoms with Crippen LogP contribution in [0.15, 0.2) is 21.9 Å². The average Bonchev–Trinajstić information content (AvgIpc) is 2.47. The summed E-state index contributed by atoms with van der Waals surface area (Å²) in [5.41, 5.74) is -0.342. The Hall–Kier alpha value is -2.44. The third-order valence-electron chi connectivity index (χ3n) is 3.14. The third-order valence-corrected chi connectivity index (χ3v) is 3.14. The second kappa shape index (κ2) is 5.28. The monoisotopic (exact) mass is 277 g/mol. The lowest BCUT2D eigenvalue weighted by Crippen LogP contribution is -2.39. The van der Waals surface area contributed by atoms with E-state index in [2.05, 4.69) is 9.72 Å². The number of nitrogens with zero attached hydrogens (tertiary/aromatic N) is 3. The van der Waals surface area contributed by atoms with Crippen molar-refractivity contribution in [1.29, 1.82) is 0 Å². The number of hydrogen-bond donors (Lipinski definition) is 0. The van der Waals surface area contributed by atoms with Gasteiger partial charge in [0.05, 0.1) is 24.2 Å². The molecule has 7 nitrogen and oxygen atoms in total. The first-order chi connectivity index (χ1) is 9.54. The van der Waals surface area contributed by atoms with E-state index in [4.69, 9.17) is 0 Å². The van der Waals surface area contributed by atoms with Crippen molar-refractivity contribution in [3.8, 4) is 0 Å². The lowest BCUT2D eigenvalue weighted by Gasteiger charge is -2.11. The Morgan fingerprint density at radius 2 is 1.90 bits per heavy atom. The standard InChI is InChI=1S/C13H15N3O4/c1-4-15-10-7-14-9(12(18)20-3)6-8(10)11(17)16(5-2)13(15)19/h6-7H,4-5H2,1-3H3. The lowest BCUT2D eigenvalue weighted by molar-refractivity contribution is 0.0594. The number of carbonyl (C=O) groups is 1. The van der Waals surface area contributed by atoms with E-state index < -0.39 is 11.5 Å². The summed E-state index contributed by atoms with van der Waals surface area (Å²) >= 11 is 0. The first-order valence-electron chi connectivity index (χ1n) is 6.26. The summed E-state index contributed by atoms with van der Waals surface area (Å²) in [6.45, 7) is 4.20. The van der Waals surface area contributed by atoms with Gasteiger partial charge in [-0.1, -0.05) is 0 Å². The van der Waals surface area contributed by atoms with Crippen LogP contribution >= 0.6 is 0 Å². The summed E-state index contributed by atoms with van der Waals surface area (Å²) in [6.07, 6.45) is 1.36. The molecule has 0 aromatic carbocycles. The Kier molecular flexibility index (Phi) is 3.69. The molecule has 2 aromatic heterocycles. The summed E-state index contributed by atoms with van der Waals surface area (Å²) in [5, 5.41) is 0.281. The zero-order chi connectivity index (χ0) is 14.9. The predicted octanol–water partition coefficient (Wildman–Crippen LogP) is 0.385. The van der Waals surface area contributed by atoms with Crippen LogP contribution in [-0.2, 0) is 17.8 Å². The van der Waals surface area contributed by atoms with E-state index >= 15 is 0 Å². The van der Waals surface area contributed by atoms with E-state index in [9.17, 15) is 14.4 Å². The van der Waals surface area contributed by atoms with Gasteiger partial charge in [0, 0.05) is 13.1 Å². The minimum Gasteiger partial charge on any atom is -0.464 e. The van der Waals surface area contributed by atoms with Crippen LogP contribution < -0.4 is 11.2 Å². The van der Waals surface area contributed by atoms with Crippen molar-refractivity contribution in [3.63, 3.8) is 0 Å². The van der Waals surface area contributed by atoms with Crippen molar-refractivity contribution in [2.24, 2.45) is 0 Å². The van der Waals surface area contributed by atoms with Crippen LogP contribution in [-0.4, -0.2) is 27.2 Å². The fraction of sp³-hybridized carbons (Fsp3) is 0.385. The number of fused-ring (bicyclic) bond motifs is 1. The number of ether oxygens (including phenoxy) is 1. The van der Waals surface area contributed by atoms with Crippen molar-refractivity contribution >= 4 is 16.9 Å². The van der Waals surface area contributed by atoms with Crippen LogP contribution in [0.3, 0.4) is 0 Å². The molecular weight excluding hydrogens is 262 g/mol. The molecule has 0 aliphatic heterocycles. The molecule has 106 valence electrons. The maximum Gasteiger partial charge on any atom is 0.356 e. The van der Waals surface area contributed by atoms with Crippen LogP contribution in [0.2, 0.25) is 0 Å². The summed E-state index contributed by atoms with van der Waals surface area (Å²) in [6, 6.07) is 1.36. The van der Waals surface area contributed by atoms with E-state index in [-0.39, 0.29) is 23.3 Å². The summed E-state index contributed by atoms with van der Waals surface area (Å²) in [7, 11) is 1.24. The number of aryl methyl sites for hydroxylation is 1. The number of carbonyl (C=O) groups excluding carboxylic acids is 1. The summed E-state index contributed by atoms with van der Waals surface area (Å²) in [4.78, 5) is 39.9. The van der Waals surface area contributed by atoms with Crippen molar-refractivity contribution in [1.82, 2.24) is 14.1 Å². The molecule has 0 spiro atoms. The molecule has 0 bridgehead atoms. The van der Waals surface area contributed by atoms with Crippen LogP contribution in [0.1, 0.15) is 24.3 Å². The largest absolute Gasteiger partial charge is 0.464 e. The van der Waals surface area contributed by atoms with Crippen LogP contribution in [0.5, 0.6) is 0 Å². The molecule has 0 fully saturated rings.